The van der Waals surface area contributed by atoms with Crippen LogP contribution in [0.4, 0.5) is 0 Å². The summed E-state index contributed by atoms with van der Waals surface area (Å²) in [6, 6.07) is 27.5. The Hall–Kier alpha value is -2.95. The van der Waals surface area contributed by atoms with Gasteiger partial charge >= 0.3 is 5.97 Å². The van der Waals surface area contributed by atoms with Gasteiger partial charge in [-0.3, -0.25) is 0 Å². The first-order chi connectivity index (χ1) is 14.5. The van der Waals surface area contributed by atoms with Crippen molar-refractivity contribution in [1.82, 2.24) is 0 Å². The molecular formula is C26H28O4. The number of rotatable bonds is 8. The van der Waals surface area contributed by atoms with Gasteiger partial charge in [0.2, 0.25) is 0 Å². The zero-order chi connectivity index (χ0) is 21.5. The van der Waals surface area contributed by atoms with Gasteiger partial charge in [-0.05, 0) is 23.3 Å². The van der Waals surface area contributed by atoms with Crippen LogP contribution in [0.1, 0.15) is 47.5 Å². The highest BCUT2D eigenvalue weighted by Gasteiger charge is 2.35. The topological polar surface area (TPSA) is 66.8 Å². The van der Waals surface area contributed by atoms with Gasteiger partial charge in [-0.2, -0.15) is 0 Å². The van der Waals surface area contributed by atoms with Gasteiger partial charge in [0.05, 0.1) is 17.8 Å². The Morgan fingerprint density at radius 3 is 1.70 bits per heavy atom. The highest BCUT2D eigenvalue weighted by atomic mass is 16.5. The number of carbonyl (C=O) groups is 1. The van der Waals surface area contributed by atoms with Crippen LogP contribution in [-0.2, 0) is 4.74 Å². The Morgan fingerprint density at radius 1 is 0.700 bits per heavy atom. The van der Waals surface area contributed by atoms with E-state index in [1.807, 2.05) is 73.7 Å². The second-order valence-corrected chi connectivity index (χ2v) is 7.67. The number of benzene rings is 3. The fourth-order valence-corrected chi connectivity index (χ4v) is 3.68. The number of aliphatic hydroxyl groups is 2. The van der Waals surface area contributed by atoms with Gasteiger partial charge < -0.3 is 14.9 Å². The lowest BCUT2D eigenvalue weighted by Gasteiger charge is -2.33. The Morgan fingerprint density at radius 2 is 1.17 bits per heavy atom. The summed E-state index contributed by atoms with van der Waals surface area (Å²) in [5.41, 5.74) is 2.00. The van der Waals surface area contributed by atoms with Gasteiger partial charge in [-0.25, -0.2) is 4.79 Å². The van der Waals surface area contributed by atoms with Crippen LogP contribution in [0.15, 0.2) is 91.0 Å². The van der Waals surface area contributed by atoms with Gasteiger partial charge in [0, 0.05) is 11.8 Å². The summed E-state index contributed by atoms with van der Waals surface area (Å²) in [5, 5.41) is 21.8. The normalized spacial score (nSPS) is 16.1. The summed E-state index contributed by atoms with van der Waals surface area (Å²) in [4.78, 5) is 12.7. The first-order valence-corrected chi connectivity index (χ1v) is 10.2. The average molecular weight is 405 g/mol. The van der Waals surface area contributed by atoms with Gasteiger partial charge in [0.1, 0.15) is 6.10 Å². The standard InChI is InChI=1S/C26H28O4/c1-18(24(28)20-12-6-3-7-13-20)23(27)19(2)25(21-14-8-4-9-15-21)30-26(29)22-16-10-5-11-17-22/h3-19,23-25,27-28H,1-2H3/t18-,19+,23-,24+,25+/m1/s1. The molecule has 0 aliphatic carbocycles. The summed E-state index contributed by atoms with van der Waals surface area (Å²) >= 11 is 0. The molecule has 0 amide bonds. The first-order valence-electron chi connectivity index (χ1n) is 10.2. The molecule has 2 N–H and O–H groups in total. The quantitative estimate of drug-likeness (QED) is 0.521. The summed E-state index contributed by atoms with van der Waals surface area (Å²) in [7, 11) is 0. The number of aliphatic hydroxyl groups excluding tert-OH is 2. The molecule has 0 saturated heterocycles. The van der Waals surface area contributed by atoms with Gasteiger partial charge in [0.15, 0.2) is 0 Å². The zero-order valence-corrected chi connectivity index (χ0v) is 17.3. The molecule has 3 aromatic carbocycles. The molecule has 3 aromatic rings. The predicted molar refractivity (Wildman–Crippen MR) is 117 cm³/mol. The maximum atomic E-state index is 12.7. The van der Waals surface area contributed by atoms with Crippen molar-refractivity contribution in [2.24, 2.45) is 11.8 Å². The van der Waals surface area contributed by atoms with E-state index in [-0.39, 0.29) is 0 Å². The second-order valence-electron chi connectivity index (χ2n) is 7.67. The molecule has 0 bridgehead atoms. The van der Waals surface area contributed by atoms with Crippen molar-refractivity contribution in [3.63, 3.8) is 0 Å². The lowest BCUT2D eigenvalue weighted by atomic mass is 9.82. The summed E-state index contributed by atoms with van der Waals surface area (Å²) in [6.45, 7) is 3.65. The van der Waals surface area contributed by atoms with Crippen molar-refractivity contribution >= 4 is 5.97 Å². The maximum absolute atomic E-state index is 12.7. The van der Waals surface area contributed by atoms with Crippen LogP contribution in [0.2, 0.25) is 0 Å². The van der Waals surface area contributed by atoms with E-state index in [4.69, 9.17) is 4.74 Å². The minimum absolute atomic E-state index is 0.437. The molecular weight excluding hydrogens is 376 g/mol. The third-order valence-electron chi connectivity index (χ3n) is 5.57. The van der Waals surface area contributed by atoms with E-state index >= 15 is 0 Å². The fourth-order valence-electron chi connectivity index (χ4n) is 3.68. The molecule has 0 aliphatic rings. The maximum Gasteiger partial charge on any atom is 0.338 e. The van der Waals surface area contributed by atoms with E-state index < -0.39 is 36.1 Å². The third-order valence-corrected chi connectivity index (χ3v) is 5.57. The predicted octanol–water partition coefficient (Wildman–Crippen LogP) is 4.95. The highest BCUT2D eigenvalue weighted by molar-refractivity contribution is 5.89. The largest absolute Gasteiger partial charge is 0.454 e. The molecule has 0 aliphatic heterocycles. The highest BCUT2D eigenvalue weighted by Crippen LogP contribution is 2.35. The fraction of sp³-hybridized carbons (Fsp3) is 0.269. The van der Waals surface area contributed by atoms with Crippen LogP contribution in [0.25, 0.3) is 0 Å². The number of carbonyl (C=O) groups excluding carboxylic acids is 1. The van der Waals surface area contributed by atoms with Crippen molar-refractivity contribution in [3.8, 4) is 0 Å². The summed E-state index contributed by atoms with van der Waals surface area (Å²) < 4.78 is 5.86. The SMILES string of the molecule is C[C@H]([C@@H](O)[C@H](C)[C@H](OC(=O)c1ccccc1)c1ccccc1)[C@H](O)c1ccccc1. The smallest absolute Gasteiger partial charge is 0.338 e. The molecule has 0 fully saturated rings. The summed E-state index contributed by atoms with van der Waals surface area (Å²) in [6.07, 6.45) is -2.38. The molecule has 0 heterocycles. The Bertz CT molecular complexity index is 912. The molecule has 0 radical (unpaired) electrons. The van der Waals surface area contributed by atoms with Crippen LogP contribution in [-0.4, -0.2) is 22.3 Å². The first kappa shape index (κ1) is 21.8. The molecule has 0 aromatic heterocycles. The van der Waals surface area contributed by atoms with Gasteiger partial charge in [-0.1, -0.05) is 92.7 Å². The van der Waals surface area contributed by atoms with E-state index in [1.165, 1.54) is 0 Å². The summed E-state index contributed by atoms with van der Waals surface area (Å²) in [5.74, 6) is -1.34. The van der Waals surface area contributed by atoms with E-state index in [9.17, 15) is 15.0 Å². The van der Waals surface area contributed by atoms with Crippen LogP contribution in [0.3, 0.4) is 0 Å². The van der Waals surface area contributed by atoms with Gasteiger partial charge in [0.25, 0.3) is 0 Å². The molecule has 3 rings (SSSR count). The average Bonchev–Trinajstić information content (AvgIpc) is 2.82. The van der Waals surface area contributed by atoms with Crippen molar-refractivity contribution in [2.45, 2.75) is 32.2 Å². The Labute approximate surface area is 177 Å². The number of hydrogen-bond acceptors (Lipinski definition) is 4. The molecule has 0 spiro atoms. The van der Waals surface area contributed by atoms with Crippen molar-refractivity contribution < 1.29 is 19.7 Å². The third kappa shape index (κ3) is 5.15. The molecule has 156 valence electrons. The molecule has 5 atom stereocenters. The van der Waals surface area contributed by atoms with Crippen LogP contribution in [0, 0.1) is 11.8 Å². The molecule has 4 heteroatoms. The van der Waals surface area contributed by atoms with Crippen molar-refractivity contribution in [3.05, 3.63) is 108 Å². The molecule has 30 heavy (non-hydrogen) atoms. The Balaban J connectivity index is 1.82. The van der Waals surface area contributed by atoms with Crippen LogP contribution in [0.5, 0.6) is 0 Å². The lowest BCUT2D eigenvalue weighted by Crippen LogP contribution is -2.35. The number of ether oxygens (including phenoxy) is 1. The lowest BCUT2D eigenvalue weighted by molar-refractivity contribution is -0.0552. The van der Waals surface area contributed by atoms with Crippen LogP contribution < -0.4 is 0 Å². The van der Waals surface area contributed by atoms with E-state index in [2.05, 4.69) is 0 Å². The van der Waals surface area contributed by atoms with E-state index in [0.717, 1.165) is 11.1 Å². The minimum atomic E-state index is -0.894. The van der Waals surface area contributed by atoms with Crippen LogP contribution >= 0.6 is 0 Å². The van der Waals surface area contributed by atoms with E-state index in [1.54, 1.807) is 31.2 Å². The second kappa shape index (κ2) is 10.2. The van der Waals surface area contributed by atoms with Gasteiger partial charge in [-0.15, -0.1) is 0 Å². The molecule has 4 nitrogen and oxygen atoms in total. The van der Waals surface area contributed by atoms with E-state index in [0.29, 0.717) is 5.56 Å². The van der Waals surface area contributed by atoms with Crippen molar-refractivity contribution in [2.75, 3.05) is 0 Å². The Kier molecular flexibility index (Phi) is 7.39. The molecule has 0 saturated carbocycles. The zero-order valence-electron chi connectivity index (χ0n) is 17.3. The number of hydrogen-bond donors (Lipinski definition) is 2. The minimum Gasteiger partial charge on any atom is -0.454 e. The van der Waals surface area contributed by atoms with Crippen molar-refractivity contribution in [1.29, 1.82) is 0 Å². The monoisotopic (exact) mass is 404 g/mol. The molecule has 0 unspecified atom stereocenters. The number of esters is 1.